The van der Waals surface area contributed by atoms with Gasteiger partial charge in [-0.15, -0.1) is 0 Å². The Morgan fingerprint density at radius 2 is 1.84 bits per heavy atom. The molecule has 0 fully saturated rings. The minimum atomic E-state index is -0.404. The fraction of sp³-hybridized carbons (Fsp3) is 0. The summed E-state index contributed by atoms with van der Waals surface area (Å²) >= 11 is 6.29. The molecule has 1 N–H and O–H groups in total. The van der Waals surface area contributed by atoms with Crippen molar-refractivity contribution in [2.45, 2.75) is 0 Å². The van der Waals surface area contributed by atoms with Crippen molar-refractivity contribution in [1.82, 2.24) is 15.0 Å². The van der Waals surface area contributed by atoms with Crippen molar-refractivity contribution in [1.29, 1.82) is 0 Å². The molecular formula is C19H11ClFN3O. The van der Waals surface area contributed by atoms with Crippen LogP contribution < -0.4 is 5.56 Å². The molecule has 0 aliphatic rings. The summed E-state index contributed by atoms with van der Waals surface area (Å²) in [6.07, 6.45) is 3.14. The number of aromatic nitrogens is 3. The van der Waals surface area contributed by atoms with Crippen molar-refractivity contribution in [3.8, 4) is 22.4 Å². The summed E-state index contributed by atoms with van der Waals surface area (Å²) < 4.78 is 14.4. The summed E-state index contributed by atoms with van der Waals surface area (Å²) in [5, 5.41) is 1.16. The highest BCUT2D eigenvalue weighted by Gasteiger charge is 2.16. The second kappa shape index (κ2) is 6.11. The molecule has 0 bridgehead atoms. The topological polar surface area (TPSA) is 58.6 Å². The fourth-order valence-electron chi connectivity index (χ4n) is 2.74. The lowest BCUT2D eigenvalue weighted by atomic mass is 9.98. The highest BCUT2D eigenvalue weighted by molar-refractivity contribution is 6.33. The Morgan fingerprint density at radius 3 is 2.64 bits per heavy atom. The van der Waals surface area contributed by atoms with Crippen molar-refractivity contribution in [3.63, 3.8) is 0 Å². The molecule has 0 amide bonds. The summed E-state index contributed by atoms with van der Waals surface area (Å²) in [4.78, 5) is 22.8. The van der Waals surface area contributed by atoms with E-state index < -0.39 is 5.82 Å². The number of nitrogens with zero attached hydrogens (tertiary/aromatic N) is 2. The Morgan fingerprint density at radius 1 is 1.00 bits per heavy atom. The molecule has 0 saturated carbocycles. The van der Waals surface area contributed by atoms with Gasteiger partial charge in [-0.05, 0) is 30.3 Å². The number of H-pyrrole nitrogens is 1. The van der Waals surface area contributed by atoms with Crippen LogP contribution in [0.1, 0.15) is 0 Å². The molecule has 1 aromatic carbocycles. The van der Waals surface area contributed by atoms with Crippen LogP contribution in [0.5, 0.6) is 0 Å². The maximum absolute atomic E-state index is 14.4. The van der Waals surface area contributed by atoms with Crippen LogP contribution in [0.25, 0.3) is 33.4 Å². The second-order valence-electron chi connectivity index (χ2n) is 5.48. The fourth-order valence-corrected chi connectivity index (χ4v) is 2.96. The molecule has 6 heteroatoms. The van der Waals surface area contributed by atoms with Crippen molar-refractivity contribution in [2.75, 3.05) is 0 Å². The predicted molar refractivity (Wildman–Crippen MR) is 96.0 cm³/mol. The molecule has 25 heavy (non-hydrogen) atoms. The van der Waals surface area contributed by atoms with Crippen LogP contribution in [-0.2, 0) is 0 Å². The lowest BCUT2D eigenvalue weighted by molar-refractivity contribution is 0.631. The van der Waals surface area contributed by atoms with E-state index in [-0.39, 0.29) is 5.56 Å². The summed E-state index contributed by atoms with van der Waals surface area (Å²) in [7, 11) is 0. The van der Waals surface area contributed by atoms with Crippen LogP contribution in [0.15, 0.2) is 65.7 Å². The lowest BCUT2D eigenvalue weighted by Gasteiger charge is -2.12. The molecular weight excluding hydrogens is 341 g/mol. The maximum Gasteiger partial charge on any atom is 0.249 e. The highest BCUT2D eigenvalue weighted by Crippen LogP contribution is 2.36. The molecule has 0 spiro atoms. The Kier molecular flexibility index (Phi) is 3.78. The largest absolute Gasteiger partial charge is 0.307 e. The third-order valence-corrected chi connectivity index (χ3v) is 4.20. The monoisotopic (exact) mass is 351 g/mol. The van der Waals surface area contributed by atoms with Crippen LogP contribution >= 0.6 is 11.6 Å². The van der Waals surface area contributed by atoms with Gasteiger partial charge in [0.25, 0.3) is 0 Å². The summed E-state index contributed by atoms with van der Waals surface area (Å²) in [6, 6.07) is 13.0. The number of halogens is 2. The first-order valence-electron chi connectivity index (χ1n) is 7.52. The van der Waals surface area contributed by atoms with Crippen LogP contribution in [0.4, 0.5) is 4.39 Å². The van der Waals surface area contributed by atoms with Gasteiger partial charge in [-0.25, -0.2) is 9.37 Å². The second-order valence-corrected chi connectivity index (χ2v) is 5.89. The number of fused-ring (bicyclic) bond motifs is 1. The zero-order valence-electron chi connectivity index (χ0n) is 12.8. The first-order chi connectivity index (χ1) is 12.1. The van der Waals surface area contributed by atoms with E-state index in [0.29, 0.717) is 33.1 Å². The minimum Gasteiger partial charge on any atom is -0.307 e. The summed E-state index contributed by atoms with van der Waals surface area (Å²) in [6.45, 7) is 0. The van der Waals surface area contributed by atoms with E-state index in [9.17, 15) is 9.18 Å². The average molecular weight is 352 g/mol. The van der Waals surface area contributed by atoms with Gasteiger partial charge >= 0.3 is 0 Å². The number of nitrogens with one attached hydrogen (secondary N) is 1. The number of hydrogen-bond donors (Lipinski definition) is 1. The Bertz CT molecular complexity index is 1160. The van der Waals surface area contributed by atoms with Crippen LogP contribution in [0.2, 0.25) is 5.02 Å². The van der Waals surface area contributed by atoms with E-state index in [1.807, 2.05) is 6.07 Å². The third kappa shape index (κ3) is 2.79. The van der Waals surface area contributed by atoms with Gasteiger partial charge in [0.15, 0.2) is 0 Å². The maximum atomic E-state index is 14.4. The van der Waals surface area contributed by atoms with E-state index in [2.05, 4.69) is 15.0 Å². The molecule has 4 rings (SSSR count). The average Bonchev–Trinajstić information content (AvgIpc) is 2.62. The molecule has 0 unspecified atom stereocenters. The Balaban J connectivity index is 2.11. The summed E-state index contributed by atoms with van der Waals surface area (Å²) in [5.41, 5.74) is 2.21. The van der Waals surface area contributed by atoms with Gasteiger partial charge in [0.05, 0.1) is 10.7 Å². The summed E-state index contributed by atoms with van der Waals surface area (Å²) in [5.74, 6) is -0.404. The standard InChI is InChI=1S/C19H11ClFN3O/c20-15-10-22-8-7-12(15)14-9-11-5-6-17(25)23-19(11)24-18(14)13-3-1-2-4-16(13)21/h1-10H,(H,23,24,25). The van der Waals surface area contributed by atoms with E-state index in [1.165, 1.54) is 18.3 Å². The molecule has 0 atom stereocenters. The van der Waals surface area contributed by atoms with Gasteiger partial charge in [0.1, 0.15) is 11.5 Å². The molecule has 3 heterocycles. The van der Waals surface area contributed by atoms with Gasteiger partial charge in [-0.1, -0.05) is 23.7 Å². The van der Waals surface area contributed by atoms with Gasteiger partial charge in [-0.3, -0.25) is 9.78 Å². The normalized spacial score (nSPS) is 11.0. The van der Waals surface area contributed by atoms with E-state index >= 15 is 0 Å². The number of benzene rings is 1. The van der Waals surface area contributed by atoms with Gasteiger partial charge in [0, 0.05) is 40.5 Å². The van der Waals surface area contributed by atoms with Crippen molar-refractivity contribution < 1.29 is 4.39 Å². The molecule has 4 nitrogen and oxygen atoms in total. The van der Waals surface area contributed by atoms with Crippen molar-refractivity contribution >= 4 is 22.6 Å². The molecule has 0 aliphatic carbocycles. The number of pyridine rings is 3. The van der Waals surface area contributed by atoms with Gasteiger partial charge < -0.3 is 4.98 Å². The predicted octanol–water partition coefficient (Wildman–Crippen LogP) is 4.44. The molecule has 0 radical (unpaired) electrons. The zero-order valence-corrected chi connectivity index (χ0v) is 13.6. The Labute approximate surface area is 147 Å². The van der Waals surface area contributed by atoms with Crippen molar-refractivity contribution in [2.24, 2.45) is 0 Å². The van der Waals surface area contributed by atoms with Crippen LogP contribution in [0.3, 0.4) is 0 Å². The highest BCUT2D eigenvalue weighted by atomic mass is 35.5. The van der Waals surface area contributed by atoms with E-state index in [0.717, 1.165) is 5.39 Å². The lowest BCUT2D eigenvalue weighted by Crippen LogP contribution is -2.05. The van der Waals surface area contributed by atoms with Gasteiger partial charge in [-0.2, -0.15) is 0 Å². The number of hydrogen-bond acceptors (Lipinski definition) is 3. The molecule has 4 aromatic rings. The van der Waals surface area contributed by atoms with Gasteiger partial charge in [0.2, 0.25) is 5.56 Å². The first-order valence-corrected chi connectivity index (χ1v) is 7.90. The third-order valence-electron chi connectivity index (χ3n) is 3.90. The SMILES string of the molecule is O=c1ccc2cc(-c3ccncc3Cl)c(-c3ccccc3F)nc2[nH]1. The molecule has 0 aliphatic heterocycles. The molecule has 3 aromatic heterocycles. The smallest absolute Gasteiger partial charge is 0.249 e. The molecule has 122 valence electrons. The number of aromatic amines is 1. The quantitative estimate of drug-likeness (QED) is 0.580. The zero-order chi connectivity index (χ0) is 17.4. The molecule has 0 saturated heterocycles. The Hall–Kier alpha value is -3.05. The minimum absolute atomic E-state index is 0.269. The first kappa shape index (κ1) is 15.5. The van der Waals surface area contributed by atoms with Crippen LogP contribution in [-0.4, -0.2) is 15.0 Å². The van der Waals surface area contributed by atoms with Crippen molar-refractivity contribution in [3.05, 3.63) is 82.1 Å². The van der Waals surface area contributed by atoms with Crippen LogP contribution in [0, 0.1) is 5.82 Å². The number of rotatable bonds is 2. The van der Waals surface area contributed by atoms with E-state index in [1.54, 1.807) is 36.5 Å². The van der Waals surface area contributed by atoms with E-state index in [4.69, 9.17) is 11.6 Å².